The lowest BCUT2D eigenvalue weighted by Gasteiger charge is -2.19. The molecular formula is C15H21ClN2O3. The number of carbonyl (C=O) groups excluding carboxylic acids is 1. The number of methoxy groups -OCH3 is 1. The van der Waals surface area contributed by atoms with E-state index in [1.165, 1.54) is 0 Å². The van der Waals surface area contributed by atoms with Crippen LogP contribution in [0.2, 0.25) is 0 Å². The minimum absolute atomic E-state index is 0. The Kier molecular flexibility index (Phi) is 7.05. The van der Waals surface area contributed by atoms with Crippen LogP contribution >= 0.6 is 12.4 Å². The number of fused-ring (bicyclic) bond motifs is 1. The summed E-state index contributed by atoms with van der Waals surface area (Å²) in [7, 11) is 1.60. The predicted octanol–water partition coefficient (Wildman–Crippen LogP) is 1.62. The molecule has 0 bridgehead atoms. The summed E-state index contributed by atoms with van der Waals surface area (Å²) in [6.45, 7) is 4.56. The van der Waals surface area contributed by atoms with E-state index in [-0.39, 0.29) is 24.9 Å². The Balaban J connectivity index is 0.00000220. The van der Waals surface area contributed by atoms with Gasteiger partial charge >= 0.3 is 0 Å². The highest BCUT2D eigenvalue weighted by molar-refractivity contribution is 5.99. The molecule has 0 saturated heterocycles. The summed E-state index contributed by atoms with van der Waals surface area (Å²) in [5, 5.41) is 6.02. The van der Waals surface area contributed by atoms with Crippen molar-refractivity contribution in [1.29, 1.82) is 0 Å². The molecule has 116 valence electrons. The van der Waals surface area contributed by atoms with E-state index < -0.39 is 0 Å². The Labute approximate surface area is 131 Å². The number of rotatable bonds is 6. The van der Waals surface area contributed by atoms with Crippen molar-refractivity contribution < 1.29 is 14.3 Å². The van der Waals surface area contributed by atoms with E-state index in [1.807, 2.05) is 31.2 Å². The maximum Gasteiger partial charge on any atom is 0.250 e. The van der Waals surface area contributed by atoms with Gasteiger partial charge in [0.1, 0.15) is 6.61 Å². The van der Waals surface area contributed by atoms with Gasteiger partial charge in [-0.15, -0.1) is 12.4 Å². The number of hydrogen-bond acceptors (Lipinski definition) is 4. The lowest BCUT2D eigenvalue weighted by Crippen LogP contribution is -2.34. The maximum absolute atomic E-state index is 12.0. The molecule has 0 radical (unpaired) electrons. The largest absolute Gasteiger partial charge is 0.493 e. The van der Waals surface area contributed by atoms with Gasteiger partial charge in [0.15, 0.2) is 11.5 Å². The molecule has 0 fully saturated rings. The van der Waals surface area contributed by atoms with E-state index in [1.54, 1.807) is 7.11 Å². The van der Waals surface area contributed by atoms with Crippen molar-refractivity contribution in [2.24, 2.45) is 0 Å². The van der Waals surface area contributed by atoms with Gasteiger partial charge in [-0.1, -0.05) is 19.1 Å². The molecule has 5 nitrogen and oxygen atoms in total. The van der Waals surface area contributed by atoms with Crippen molar-refractivity contribution in [1.82, 2.24) is 10.6 Å². The average Bonchev–Trinajstić information content (AvgIpc) is 2.50. The zero-order chi connectivity index (χ0) is 14.4. The van der Waals surface area contributed by atoms with Gasteiger partial charge in [0.25, 0.3) is 5.91 Å². The number of hydrogen-bond donors (Lipinski definition) is 2. The molecule has 0 unspecified atom stereocenters. The monoisotopic (exact) mass is 312 g/mol. The Bertz CT molecular complexity index is 518. The predicted molar refractivity (Wildman–Crippen MR) is 85.3 cm³/mol. The summed E-state index contributed by atoms with van der Waals surface area (Å²) < 4.78 is 10.9. The van der Waals surface area contributed by atoms with E-state index >= 15 is 0 Å². The Morgan fingerprint density at radius 1 is 1.38 bits per heavy atom. The molecule has 0 aromatic heterocycles. The number of para-hydroxylation sites is 1. The summed E-state index contributed by atoms with van der Waals surface area (Å²) in [5.41, 5.74) is 1.50. The minimum Gasteiger partial charge on any atom is -0.493 e. The first-order valence-corrected chi connectivity index (χ1v) is 6.75. The molecule has 0 spiro atoms. The van der Waals surface area contributed by atoms with Crippen molar-refractivity contribution in [2.45, 2.75) is 6.92 Å². The number of benzene rings is 1. The number of carbonyl (C=O) groups is 1. The van der Waals surface area contributed by atoms with E-state index in [0.29, 0.717) is 23.6 Å². The zero-order valence-corrected chi connectivity index (χ0v) is 13.1. The quantitative estimate of drug-likeness (QED) is 0.784. The fourth-order valence-electron chi connectivity index (χ4n) is 2.03. The van der Waals surface area contributed by atoms with Gasteiger partial charge < -0.3 is 20.1 Å². The molecular weight excluding hydrogens is 292 g/mol. The molecule has 1 aromatic rings. The normalized spacial score (nSPS) is 12.4. The van der Waals surface area contributed by atoms with Crippen LogP contribution in [0.4, 0.5) is 0 Å². The molecule has 6 heteroatoms. The van der Waals surface area contributed by atoms with Crippen molar-refractivity contribution in [2.75, 3.05) is 33.4 Å². The second-order valence-corrected chi connectivity index (χ2v) is 4.45. The molecule has 1 aliphatic heterocycles. The van der Waals surface area contributed by atoms with Gasteiger partial charge in [-0.2, -0.15) is 0 Å². The van der Waals surface area contributed by atoms with Crippen LogP contribution in [-0.4, -0.2) is 39.3 Å². The number of amides is 1. The van der Waals surface area contributed by atoms with Gasteiger partial charge in [-0.25, -0.2) is 0 Å². The summed E-state index contributed by atoms with van der Waals surface area (Å²) in [5.74, 6) is 1.29. The second-order valence-electron chi connectivity index (χ2n) is 4.45. The molecule has 1 amide bonds. The topological polar surface area (TPSA) is 59.6 Å². The molecule has 21 heavy (non-hydrogen) atoms. The van der Waals surface area contributed by atoms with Crippen LogP contribution in [0.5, 0.6) is 11.5 Å². The Morgan fingerprint density at radius 2 is 2.19 bits per heavy atom. The first-order chi connectivity index (χ1) is 9.76. The van der Waals surface area contributed by atoms with Gasteiger partial charge in [0.05, 0.1) is 12.7 Å². The fourth-order valence-corrected chi connectivity index (χ4v) is 2.03. The summed E-state index contributed by atoms with van der Waals surface area (Å²) in [6.07, 6.45) is 1.85. The molecule has 1 heterocycles. The van der Waals surface area contributed by atoms with Crippen molar-refractivity contribution >= 4 is 24.4 Å². The van der Waals surface area contributed by atoms with Crippen molar-refractivity contribution in [3.05, 3.63) is 29.3 Å². The van der Waals surface area contributed by atoms with Crippen molar-refractivity contribution in [3.63, 3.8) is 0 Å². The van der Waals surface area contributed by atoms with Crippen LogP contribution in [0.25, 0.3) is 6.08 Å². The Morgan fingerprint density at radius 3 is 2.90 bits per heavy atom. The third-order valence-electron chi connectivity index (χ3n) is 3.06. The van der Waals surface area contributed by atoms with Crippen LogP contribution < -0.4 is 20.1 Å². The molecule has 2 rings (SSSR count). The van der Waals surface area contributed by atoms with Crippen LogP contribution in [0.3, 0.4) is 0 Å². The molecule has 0 saturated carbocycles. The zero-order valence-electron chi connectivity index (χ0n) is 12.3. The second kappa shape index (κ2) is 8.54. The summed E-state index contributed by atoms with van der Waals surface area (Å²) >= 11 is 0. The number of ether oxygens (including phenoxy) is 2. The average molecular weight is 313 g/mol. The van der Waals surface area contributed by atoms with Gasteiger partial charge in [-0.3, -0.25) is 4.79 Å². The molecule has 2 N–H and O–H groups in total. The standard InChI is InChI=1S/C15H20N2O3.ClH/c1-3-16-7-8-17-15(18)12-9-11-5-4-6-13(19-2)14(11)20-10-12;/h4-6,9,16H,3,7-8,10H2,1-2H3,(H,17,18);1H. The van der Waals surface area contributed by atoms with Crippen LogP contribution in [-0.2, 0) is 4.79 Å². The van der Waals surface area contributed by atoms with Crippen LogP contribution in [0, 0.1) is 0 Å². The smallest absolute Gasteiger partial charge is 0.250 e. The van der Waals surface area contributed by atoms with Crippen LogP contribution in [0.1, 0.15) is 12.5 Å². The van der Waals surface area contributed by atoms with Gasteiger partial charge in [0.2, 0.25) is 0 Å². The molecule has 1 aromatic carbocycles. The summed E-state index contributed by atoms with van der Waals surface area (Å²) in [6, 6.07) is 5.63. The molecule has 0 atom stereocenters. The highest BCUT2D eigenvalue weighted by Gasteiger charge is 2.19. The lowest BCUT2D eigenvalue weighted by molar-refractivity contribution is -0.117. The number of halogens is 1. The SMILES string of the molecule is CCNCCNC(=O)C1=Cc2cccc(OC)c2OC1.Cl. The van der Waals surface area contributed by atoms with E-state index in [4.69, 9.17) is 9.47 Å². The highest BCUT2D eigenvalue weighted by atomic mass is 35.5. The van der Waals surface area contributed by atoms with Gasteiger partial charge in [0, 0.05) is 18.7 Å². The van der Waals surface area contributed by atoms with Crippen molar-refractivity contribution in [3.8, 4) is 11.5 Å². The Hall–Kier alpha value is -1.72. The first kappa shape index (κ1) is 17.3. The van der Waals surface area contributed by atoms with Crippen LogP contribution in [0.15, 0.2) is 23.8 Å². The third kappa shape index (κ3) is 4.37. The van der Waals surface area contributed by atoms with E-state index in [2.05, 4.69) is 10.6 Å². The molecule has 1 aliphatic rings. The van der Waals surface area contributed by atoms with E-state index in [9.17, 15) is 4.79 Å². The first-order valence-electron chi connectivity index (χ1n) is 6.75. The fraction of sp³-hybridized carbons (Fsp3) is 0.400. The molecule has 0 aliphatic carbocycles. The van der Waals surface area contributed by atoms with E-state index in [0.717, 1.165) is 18.7 Å². The maximum atomic E-state index is 12.0. The minimum atomic E-state index is -0.0867. The van der Waals surface area contributed by atoms with Gasteiger partial charge in [-0.05, 0) is 18.7 Å². The number of likely N-dealkylation sites (N-methyl/N-ethyl adjacent to an activating group) is 1. The lowest BCUT2D eigenvalue weighted by atomic mass is 10.1. The number of nitrogens with one attached hydrogen (secondary N) is 2. The summed E-state index contributed by atoms with van der Waals surface area (Å²) in [4.78, 5) is 12.0. The third-order valence-corrected chi connectivity index (χ3v) is 3.06. The highest BCUT2D eigenvalue weighted by Crippen LogP contribution is 2.35.